The van der Waals surface area contributed by atoms with Crippen molar-refractivity contribution in [1.82, 2.24) is 35.6 Å². The Morgan fingerprint density at radius 3 is 3.07 bits per heavy atom. The number of aromatic nitrogens is 5. The molecule has 1 saturated heterocycles. The van der Waals surface area contributed by atoms with Gasteiger partial charge in [0.1, 0.15) is 5.82 Å². The third-order valence-electron chi connectivity index (χ3n) is 4.69. The Kier molecular flexibility index (Phi) is 4.93. The number of hydrogen-bond acceptors (Lipinski definition) is 6. The molecule has 1 aliphatic rings. The zero-order valence-corrected chi connectivity index (χ0v) is 14.8. The maximum absolute atomic E-state index is 12.3. The van der Waals surface area contributed by atoms with Gasteiger partial charge in [-0.05, 0) is 44.0 Å². The summed E-state index contributed by atoms with van der Waals surface area (Å²) in [6.45, 7) is 2.87. The molecule has 0 bridgehead atoms. The fourth-order valence-corrected chi connectivity index (χ4v) is 3.31. The van der Waals surface area contributed by atoms with Crippen LogP contribution in [0.15, 0.2) is 35.3 Å². The number of carbonyl (C=O) groups excluding carboxylic acids is 1. The highest BCUT2D eigenvalue weighted by Gasteiger charge is 2.16. The lowest BCUT2D eigenvalue weighted by Crippen LogP contribution is -2.32. The van der Waals surface area contributed by atoms with Crippen LogP contribution in [0, 0.1) is 5.92 Å². The molecule has 1 fully saturated rings. The van der Waals surface area contributed by atoms with E-state index in [0.717, 1.165) is 32.5 Å². The van der Waals surface area contributed by atoms with E-state index in [1.54, 1.807) is 29.1 Å². The fraction of sp³-hybridized carbons (Fsp3) is 0.389. The van der Waals surface area contributed by atoms with Crippen LogP contribution in [0.3, 0.4) is 0 Å². The van der Waals surface area contributed by atoms with Crippen molar-refractivity contribution in [1.29, 1.82) is 0 Å². The molecule has 3 heterocycles. The van der Waals surface area contributed by atoms with Crippen molar-refractivity contribution < 1.29 is 4.79 Å². The van der Waals surface area contributed by atoms with Gasteiger partial charge in [0, 0.05) is 6.54 Å². The summed E-state index contributed by atoms with van der Waals surface area (Å²) in [6, 6.07) is 7.08. The average molecular weight is 367 g/mol. The summed E-state index contributed by atoms with van der Waals surface area (Å²) < 4.78 is 1.71. The van der Waals surface area contributed by atoms with Gasteiger partial charge < -0.3 is 15.6 Å². The van der Waals surface area contributed by atoms with E-state index in [0.29, 0.717) is 22.6 Å². The van der Waals surface area contributed by atoms with Crippen LogP contribution in [0.25, 0.3) is 10.9 Å². The molecule has 4 rings (SSSR count). The van der Waals surface area contributed by atoms with Gasteiger partial charge in [0.15, 0.2) is 5.69 Å². The van der Waals surface area contributed by atoms with Crippen LogP contribution in [-0.4, -0.2) is 44.0 Å². The molecule has 9 heteroatoms. The van der Waals surface area contributed by atoms with E-state index in [9.17, 15) is 9.59 Å². The van der Waals surface area contributed by atoms with Crippen molar-refractivity contribution in [3.8, 4) is 0 Å². The van der Waals surface area contributed by atoms with Crippen molar-refractivity contribution in [3.05, 3.63) is 52.3 Å². The number of amides is 1. The first-order chi connectivity index (χ1) is 13.2. The van der Waals surface area contributed by atoms with Gasteiger partial charge in [0.2, 0.25) is 0 Å². The molecular weight excluding hydrogens is 346 g/mol. The van der Waals surface area contributed by atoms with Crippen molar-refractivity contribution in [2.24, 2.45) is 5.92 Å². The summed E-state index contributed by atoms with van der Waals surface area (Å²) in [4.78, 5) is 31.4. The normalized spacial score (nSPS) is 17.1. The van der Waals surface area contributed by atoms with E-state index in [4.69, 9.17) is 0 Å². The number of aromatic amines is 1. The molecular formula is C18H21N7O2. The van der Waals surface area contributed by atoms with Crippen LogP contribution in [-0.2, 0) is 13.1 Å². The van der Waals surface area contributed by atoms with Crippen LogP contribution in [0.4, 0.5) is 0 Å². The number of nitrogens with one attached hydrogen (secondary N) is 3. The van der Waals surface area contributed by atoms with Crippen LogP contribution in [0.2, 0.25) is 0 Å². The molecule has 2 aromatic heterocycles. The fourth-order valence-electron chi connectivity index (χ4n) is 3.31. The first-order valence-electron chi connectivity index (χ1n) is 9.06. The molecule has 1 amide bonds. The summed E-state index contributed by atoms with van der Waals surface area (Å²) in [5.41, 5.74) is 0.622. The molecule has 1 atom stereocenters. The van der Waals surface area contributed by atoms with Crippen LogP contribution >= 0.6 is 0 Å². The molecule has 0 radical (unpaired) electrons. The maximum Gasteiger partial charge on any atom is 0.273 e. The second-order valence-corrected chi connectivity index (χ2v) is 6.75. The number of nitrogens with zero attached hydrogens (tertiary/aromatic N) is 4. The van der Waals surface area contributed by atoms with Crippen molar-refractivity contribution in [3.63, 3.8) is 0 Å². The largest absolute Gasteiger partial charge is 0.343 e. The van der Waals surface area contributed by atoms with Gasteiger partial charge in [-0.3, -0.25) is 14.3 Å². The Morgan fingerprint density at radius 1 is 1.33 bits per heavy atom. The van der Waals surface area contributed by atoms with Crippen LogP contribution < -0.4 is 16.2 Å². The Bertz CT molecular complexity index is 1000. The van der Waals surface area contributed by atoms with Crippen LogP contribution in [0.1, 0.15) is 29.2 Å². The van der Waals surface area contributed by atoms with Gasteiger partial charge >= 0.3 is 0 Å². The molecule has 27 heavy (non-hydrogen) atoms. The minimum atomic E-state index is -0.348. The van der Waals surface area contributed by atoms with Gasteiger partial charge in [-0.2, -0.15) is 0 Å². The molecule has 1 aliphatic heterocycles. The Morgan fingerprint density at radius 2 is 2.22 bits per heavy atom. The molecule has 9 nitrogen and oxygen atoms in total. The molecule has 140 valence electrons. The quantitative estimate of drug-likeness (QED) is 0.602. The van der Waals surface area contributed by atoms with Crippen molar-refractivity contribution in [2.45, 2.75) is 25.9 Å². The maximum atomic E-state index is 12.3. The number of H-pyrrole nitrogens is 1. The number of carbonyl (C=O) groups is 1. The number of hydrogen-bond donors (Lipinski definition) is 3. The predicted octanol–water partition coefficient (Wildman–Crippen LogP) is 0.444. The Balaban J connectivity index is 1.39. The van der Waals surface area contributed by atoms with Crippen LogP contribution in [0.5, 0.6) is 0 Å². The monoisotopic (exact) mass is 367 g/mol. The average Bonchev–Trinajstić information content (AvgIpc) is 3.15. The molecule has 0 aliphatic carbocycles. The molecule has 1 aromatic carbocycles. The van der Waals surface area contributed by atoms with Gasteiger partial charge in [-0.1, -0.05) is 17.3 Å². The summed E-state index contributed by atoms with van der Waals surface area (Å²) in [5.74, 6) is 0.551. The minimum absolute atomic E-state index is 0.109. The number of benzene rings is 1. The lowest BCUT2D eigenvalue weighted by molar-refractivity contribution is 0.0944. The summed E-state index contributed by atoms with van der Waals surface area (Å²) in [6.07, 6.45) is 3.96. The van der Waals surface area contributed by atoms with Crippen molar-refractivity contribution in [2.75, 3.05) is 13.1 Å². The number of para-hydroxylation sites is 1. The summed E-state index contributed by atoms with van der Waals surface area (Å²) in [7, 11) is 0. The second-order valence-electron chi connectivity index (χ2n) is 6.75. The van der Waals surface area contributed by atoms with E-state index in [-0.39, 0.29) is 23.7 Å². The topological polar surface area (TPSA) is 118 Å². The van der Waals surface area contributed by atoms with E-state index in [1.807, 2.05) is 6.07 Å². The standard InChI is InChI=1S/C18H21N7O2/c26-17-13-5-1-2-6-14(13)21-16(22-17)9-20-18(27)15-11-25(24-23-15)10-12-4-3-7-19-8-12/h1-2,5-6,11-12,19H,3-4,7-10H2,(H,20,27)(H,21,22,26). The Labute approximate surface area is 155 Å². The molecule has 3 N–H and O–H groups in total. The smallest absolute Gasteiger partial charge is 0.273 e. The predicted molar refractivity (Wildman–Crippen MR) is 99.1 cm³/mol. The Hall–Kier alpha value is -3.07. The first kappa shape index (κ1) is 17.3. The highest BCUT2D eigenvalue weighted by Crippen LogP contribution is 2.12. The van der Waals surface area contributed by atoms with E-state index in [2.05, 4.69) is 30.9 Å². The highest BCUT2D eigenvalue weighted by atomic mass is 16.2. The van der Waals surface area contributed by atoms with E-state index >= 15 is 0 Å². The number of fused-ring (bicyclic) bond motifs is 1. The number of piperidine rings is 1. The molecule has 0 saturated carbocycles. The number of rotatable bonds is 5. The van der Waals surface area contributed by atoms with E-state index < -0.39 is 0 Å². The second kappa shape index (κ2) is 7.67. The summed E-state index contributed by atoms with van der Waals surface area (Å²) in [5, 5.41) is 14.6. The highest BCUT2D eigenvalue weighted by molar-refractivity contribution is 5.91. The van der Waals surface area contributed by atoms with Crippen molar-refractivity contribution >= 4 is 16.8 Å². The lowest BCUT2D eigenvalue weighted by Gasteiger charge is -2.22. The molecule has 3 aromatic rings. The van der Waals surface area contributed by atoms with Gasteiger partial charge in [0.05, 0.1) is 23.6 Å². The van der Waals surface area contributed by atoms with Gasteiger partial charge in [-0.15, -0.1) is 5.10 Å². The first-order valence-corrected chi connectivity index (χ1v) is 9.06. The molecule has 0 spiro atoms. The van der Waals surface area contributed by atoms with Gasteiger partial charge in [0.25, 0.3) is 11.5 Å². The minimum Gasteiger partial charge on any atom is -0.343 e. The zero-order chi connectivity index (χ0) is 18.6. The van der Waals surface area contributed by atoms with Gasteiger partial charge in [-0.25, -0.2) is 4.98 Å². The third-order valence-corrected chi connectivity index (χ3v) is 4.69. The van der Waals surface area contributed by atoms with E-state index in [1.165, 1.54) is 0 Å². The zero-order valence-electron chi connectivity index (χ0n) is 14.8. The molecule has 1 unspecified atom stereocenters. The third kappa shape index (κ3) is 4.03. The lowest BCUT2D eigenvalue weighted by atomic mass is 10.00. The summed E-state index contributed by atoms with van der Waals surface area (Å²) >= 11 is 0. The SMILES string of the molecule is O=C(NCc1nc2ccccc2c(=O)[nH]1)c1cn(CC2CCCNC2)nn1.